The Labute approximate surface area is 96.1 Å². The predicted octanol–water partition coefficient (Wildman–Crippen LogP) is 0.442. The van der Waals surface area contributed by atoms with Crippen molar-refractivity contribution < 1.29 is 0 Å². The molecule has 0 radical (unpaired) electrons. The predicted molar refractivity (Wildman–Crippen MR) is 69.5 cm³/mol. The van der Waals surface area contributed by atoms with Crippen LogP contribution in [-0.2, 0) is 0 Å². The second-order valence-electron chi connectivity index (χ2n) is 3.31. The molecule has 0 aliphatic rings. The summed E-state index contributed by atoms with van der Waals surface area (Å²) in [4.78, 5) is 8.33. The van der Waals surface area contributed by atoms with E-state index in [4.69, 9.17) is 11.5 Å². The third-order valence-corrected chi connectivity index (χ3v) is 1.93. The average molecular weight is 218 g/mol. The van der Waals surface area contributed by atoms with Crippen LogP contribution in [0, 0.1) is 0 Å². The fourth-order valence-corrected chi connectivity index (χ4v) is 1.16. The molecule has 0 aliphatic heterocycles. The molecule has 0 aliphatic carbocycles. The SMILES string of the molecule is NCCN=Cc1ccc(C=NCCN)cc1. The molecule has 1 aromatic carbocycles. The summed E-state index contributed by atoms with van der Waals surface area (Å²) < 4.78 is 0. The van der Waals surface area contributed by atoms with E-state index in [0.717, 1.165) is 11.1 Å². The normalized spacial score (nSPS) is 11.6. The van der Waals surface area contributed by atoms with Gasteiger partial charge in [-0.15, -0.1) is 0 Å². The minimum Gasteiger partial charge on any atom is -0.329 e. The topological polar surface area (TPSA) is 76.8 Å². The van der Waals surface area contributed by atoms with Gasteiger partial charge in [0.15, 0.2) is 0 Å². The number of hydrogen-bond donors (Lipinski definition) is 2. The molecular weight excluding hydrogens is 200 g/mol. The Bertz CT molecular complexity index is 306. The number of benzene rings is 1. The Balaban J connectivity index is 2.54. The third-order valence-electron chi connectivity index (χ3n) is 1.93. The molecule has 4 heteroatoms. The van der Waals surface area contributed by atoms with Crippen LogP contribution in [0.5, 0.6) is 0 Å². The van der Waals surface area contributed by atoms with Crippen molar-refractivity contribution in [3.63, 3.8) is 0 Å². The maximum atomic E-state index is 5.34. The van der Waals surface area contributed by atoms with Crippen molar-refractivity contribution >= 4 is 12.4 Å². The molecule has 0 unspecified atom stereocenters. The van der Waals surface area contributed by atoms with Gasteiger partial charge in [0.25, 0.3) is 0 Å². The summed E-state index contributed by atoms with van der Waals surface area (Å²) in [5, 5.41) is 0. The minimum atomic E-state index is 0.584. The van der Waals surface area contributed by atoms with E-state index >= 15 is 0 Å². The van der Waals surface area contributed by atoms with Gasteiger partial charge in [0.1, 0.15) is 0 Å². The Hall–Kier alpha value is -1.52. The van der Waals surface area contributed by atoms with E-state index in [1.165, 1.54) is 0 Å². The quantitative estimate of drug-likeness (QED) is 0.680. The van der Waals surface area contributed by atoms with Crippen LogP contribution in [0.4, 0.5) is 0 Å². The lowest BCUT2D eigenvalue weighted by atomic mass is 10.1. The van der Waals surface area contributed by atoms with Gasteiger partial charge in [-0.25, -0.2) is 0 Å². The van der Waals surface area contributed by atoms with Crippen molar-refractivity contribution in [2.75, 3.05) is 26.2 Å². The first-order valence-electron chi connectivity index (χ1n) is 5.36. The van der Waals surface area contributed by atoms with Crippen molar-refractivity contribution in [3.8, 4) is 0 Å². The number of nitrogens with zero attached hydrogens (tertiary/aromatic N) is 2. The zero-order chi connectivity index (χ0) is 11.6. The van der Waals surface area contributed by atoms with Gasteiger partial charge in [0, 0.05) is 25.5 Å². The fraction of sp³-hybridized carbons (Fsp3) is 0.333. The maximum absolute atomic E-state index is 5.34. The molecule has 4 N–H and O–H groups in total. The number of hydrogen-bond acceptors (Lipinski definition) is 4. The van der Waals surface area contributed by atoms with Crippen LogP contribution in [0.15, 0.2) is 34.3 Å². The average Bonchev–Trinajstić information content (AvgIpc) is 2.32. The van der Waals surface area contributed by atoms with Crippen LogP contribution in [-0.4, -0.2) is 38.6 Å². The van der Waals surface area contributed by atoms with Crippen molar-refractivity contribution in [1.29, 1.82) is 0 Å². The molecule has 0 bridgehead atoms. The molecule has 1 aromatic rings. The highest BCUT2D eigenvalue weighted by Crippen LogP contribution is 2.00. The molecule has 0 fully saturated rings. The molecule has 0 spiro atoms. The molecule has 0 amide bonds. The smallest absolute Gasteiger partial charge is 0.0512 e. The summed E-state index contributed by atoms with van der Waals surface area (Å²) in [6.45, 7) is 2.50. The minimum absolute atomic E-state index is 0.584. The van der Waals surface area contributed by atoms with E-state index in [9.17, 15) is 0 Å². The van der Waals surface area contributed by atoms with E-state index in [2.05, 4.69) is 9.98 Å². The third kappa shape index (κ3) is 4.82. The van der Waals surface area contributed by atoms with Gasteiger partial charge >= 0.3 is 0 Å². The lowest BCUT2D eigenvalue weighted by molar-refractivity contribution is 0.980. The Morgan fingerprint density at radius 3 is 1.50 bits per heavy atom. The first-order valence-corrected chi connectivity index (χ1v) is 5.36. The molecule has 16 heavy (non-hydrogen) atoms. The molecule has 1 rings (SSSR count). The highest BCUT2D eigenvalue weighted by Gasteiger charge is 1.89. The standard InChI is InChI=1S/C12H18N4/c13-5-7-15-9-11-1-2-12(4-3-11)10-16-8-6-14/h1-4,9-10H,5-8,13-14H2. The summed E-state index contributed by atoms with van der Waals surface area (Å²) in [5.41, 5.74) is 12.8. The molecule has 4 nitrogen and oxygen atoms in total. The Morgan fingerprint density at radius 1 is 0.812 bits per heavy atom. The van der Waals surface area contributed by atoms with Crippen LogP contribution in [0.2, 0.25) is 0 Å². The van der Waals surface area contributed by atoms with Gasteiger partial charge in [-0.1, -0.05) is 24.3 Å². The molecule has 0 atom stereocenters. The van der Waals surface area contributed by atoms with Crippen LogP contribution in [0.25, 0.3) is 0 Å². The maximum Gasteiger partial charge on any atom is 0.0512 e. The van der Waals surface area contributed by atoms with Gasteiger partial charge in [0.05, 0.1) is 13.1 Å². The second-order valence-corrected chi connectivity index (χ2v) is 3.31. The van der Waals surface area contributed by atoms with Crippen LogP contribution >= 0.6 is 0 Å². The van der Waals surface area contributed by atoms with Gasteiger partial charge < -0.3 is 11.5 Å². The number of nitrogens with two attached hydrogens (primary N) is 2. The lowest BCUT2D eigenvalue weighted by Gasteiger charge is -1.95. The second kappa shape index (κ2) is 7.73. The molecule has 0 saturated carbocycles. The number of rotatable bonds is 6. The van der Waals surface area contributed by atoms with Gasteiger partial charge in [-0.2, -0.15) is 0 Å². The van der Waals surface area contributed by atoms with Crippen molar-refractivity contribution in [2.45, 2.75) is 0 Å². The van der Waals surface area contributed by atoms with Crippen LogP contribution < -0.4 is 11.5 Å². The lowest BCUT2D eigenvalue weighted by Crippen LogP contribution is -2.02. The number of aliphatic imine (C=N–C) groups is 2. The summed E-state index contributed by atoms with van der Waals surface area (Å²) in [6.07, 6.45) is 3.65. The summed E-state index contributed by atoms with van der Waals surface area (Å²) in [7, 11) is 0. The first kappa shape index (κ1) is 12.5. The van der Waals surface area contributed by atoms with Crippen molar-refractivity contribution in [2.24, 2.45) is 21.5 Å². The molecule has 0 heterocycles. The van der Waals surface area contributed by atoms with Gasteiger partial charge in [0.2, 0.25) is 0 Å². The molecular formula is C12H18N4. The molecule has 0 saturated heterocycles. The van der Waals surface area contributed by atoms with Gasteiger partial charge in [-0.3, -0.25) is 9.98 Å². The van der Waals surface area contributed by atoms with Crippen LogP contribution in [0.3, 0.4) is 0 Å². The Morgan fingerprint density at radius 2 is 1.19 bits per heavy atom. The van der Waals surface area contributed by atoms with Crippen LogP contribution in [0.1, 0.15) is 11.1 Å². The fourth-order valence-electron chi connectivity index (χ4n) is 1.16. The highest BCUT2D eigenvalue weighted by molar-refractivity contribution is 5.84. The van der Waals surface area contributed by atoms with E-state index in [-0.39, 0.29) is 0 Å². The van der Waals surface area contributed by atoms with E-state index in [1.54, 1.807) is 0 Å². The molecule has 0 aromatic heterocycles. The van der Waals surface area contributed by atoms with Crippen molar-refractivity contribution in [3.05, 3.63) is 35.4 Å². The van der Waals surface area contributed by atoms with Crippen molar-refractivity contribution in [1.82, 2.24) is 0 Å². The van der Waals surface area contributed by atoms with E-state index in [0.29, 0.717) is 26.2 Å². The van der Waals surface area contributed by atoms with E-state index in [1.807, 2.05) is 36.7 Å². The summed E-state index contributed by atoms with van der Waals surface area (Å²) >= 11 is 0. The molecule has 86 valence electrons. The summed E-state index contributed by atoms with van der Waals surface area (Å²) in [5.74, 6) is 0. The largest absolute Gasteiger partial charge is 0.329 e. The zero-order valence-electron chi connectivity index (χ0n) is 9.34. The first-order chi connectivity index (χ1) is 7.86. The zero-order valence-corrected chi connectivity index (χ0v) is 9.34. The Kier molecular flexibility index (Phi) is 6.06. The summed E-state index contributed by atoms with van der Waals surface area (Å²) in [6, 6.07) is 8.02. The van der Waals surface area contributed by atoms with E-state index < -0.39 is 0 Å². The highest BCUT2D eigenvalue weighted by atomic mass is 14.7. The van der Waals surface area contributed by atoms with Gasteiger partial charge in [-0.05, 0) is 11.1 Å². The monoisotopic (exact) mass is 218 g/mol.